The summed E-state index contributed by atoms with van der Waals surface area (Å²) in [4.78, 5) is 12.9. The number of benzene rings is 1. The van der Waals surface area contributed by atoms with Crippen molar-refractivity contribution in [3.05, 3.63) is 64.1 Å². The molecule has 1 aromatic carbocycles. The van der Waals surface area contributed by atoms with Crippen LogP contribution in [0.3, 0.4) is 0 Å². The van der Waals surface area contributed by atoms with Gasteiger partial charge in [-0.15, -0.1) is 0 Å². The molecule has 3 rings (SSSR count). The van der Waals surface area contributed by atoms with Crippen LogP contribution in [0.1, 0.15) is 28.5 Å². The van der Waals surface area contributed by atoms with Crippen molar-refractivity contribution in [2.75, 3.05) is 51.4 Å². The van der Waals surface area contributed by atoms with Crippen molar-refractivity contribution in [1.29, 1.82) is 0 Å². The number of nitrogens with one attached hydrogen (secondary N) is 1. The van der Waals surface area contributed by atoms with Crippen LogP contribution in [-0.4, -0.2) is 60.5 Å². The van der Waals surface area contributed by atoms with Crippen molar-refractivity contribution in [3.63, 3.8) is 0 Å². The zero-order valence-electron chi connectivity index (χ0n) is 23.8. The lowest BCUT2D eigenvalue weighted by Gasteiger charge is -2.32. The molecule has 0 amide bonds. The third-order valence-corrected chi connectivity index (χ3v) is 4.21. The first-order valence-electron chi connectivity index (χ1n) is 13.0. The zero-order chi connectivity index (χ0) is 28.0. The Morgan fingerprint density at radius 1 is 1.07 bits per heavy atom. The number of likely N-dealkylation sites (N-methyl/N-ethyl adjacent to an activating group) is 1. The average molecular weight is 417 g/mol. The lowest BCUT2D eigenvalue weighted by atomic mass is 10.2. The van der Waals surface area contributed by atoms with E-state index in [4.69, 9.17) is 11.0 Å². The number of piperazine rings is 1. The summed E-state index contributed by atoms with van der Waals surface area (Å²) >= 11 is 0. The Hall–Kier alpha value is -2.32. The Morgan fingerprint density at radius 3 is 2.41 bits per heavy atom. The van der Waals surface area contributed by atoms with E-state index in [1.807, 2.05) is 0 Å². The molecule has 5 nitrogen and oxygen atoms in total. The molecule has 0 bridgehead atoms. The molecule has 1 aromatic heterocycles. The van der Waals surface area contributed by atoms with Crippen LogP contribution in [-0.2, 0) is 12.7 Å². The average Bonchev–Trinajstić information content (AvgIpc) is 2.78. The molecule has 1 aliphatic rings. The Kier molecular flexibility index (Phi) is 4.26. The minimum Gasteiger partial charge on any atom is -0.385 e. The first kappa shape index (κ1) is 13.1. The number of hydrogen-bond acceptors (Lipinski definition) is 4. The van der Waals surface area contributed by atoms with E-state index in [-0.39, 0.29) is 26.1 Å². The smallest absolute Gasteiger partial charge is 0.385 e. The van der Waals surface area contributed by atoms with Gasteiger partial charge in [-0.05, 0) is 43.8 Å². The maximum Gasteiger partial charge on any atom is 0.417 e. The molecule has 0 aliphatic carbocycles. The molecule has 2 heterocycles. The van der Waals surface area contributed by atoms with Crippen LogP contribution in [0.15, 0.2) is 47.4 Å². The van der Waals surface area contributed by atoms with Gasteiger partial charge in [0, 0.05) is 61.4 Å². The molecule has 1 saturated heterocycles. The molecule has 1 N–H and O–H groups in total. The van der Waals surface area contributed by atoms with Gasteiger partial charge >= 0.3 is 6.18 Å². The van der Waals surface area contributed by atoms with Crippen LogP contribution >= 0.6 is 0 Å². The molecule has 1 fully saturated rings. The molecule has 8 heteroatoms. The molecule has 0 atom stereocenters. The number of anilines is 1. The van der Waals surface area contributed by atoms with E-state index in [1.165, 1.54) is 0 Å². The van der Waals surface area contributed by atoms with E-state index in [2.05, 4.69) is 5.32 Å². The number of rotatable bonds is 7. The van der Waals surface area contributed by atoms with Crippen molar-refractivity contribution in [3.8, 4) is 0 Å². The molecular formula is C21H27F3N4O. The summed E-state index contributed by atoms with van der Waals surface area (Å²) < 4.78 is 105. The highest BCUT2D eigenvalue weighted by molar-refractivity contribution is 5.44. The van der Waals surface area contributed by atoms with E-state index >= 15 is 0 Å². The fourth-order valence-corrected chi connectivity index (χ4v) is 2.66. The van der Waals surface area contributed by atoms with Gasteiger partial charge in [-0.1, -0.05) is 12.1 Å². The van der Waals surface area contributed by atoms with Crippen molar-refractivity contribution in [2.24, 2.45) is 0 Å². The molecular weight excluding hydrogens is 381 g/mol. The topological polar surface area (TPSA) is 40.5 Å². The summed E-state index contributed by atoms with van der Waals surface area (Å²) in [5, 5.41) is 3.03. The van der Waals surface area contributed by atoms with E-state index in [0.29, 0.717) is 21.1 Å². The molecule has 1 aliphatic heterocycles. The highest BCUT2D eigenvalue weighted by Crippen LogP contribution is 2.28. The fourth-order valence-electron chi connectivity index (χ4n) is 2.66. The highest BCUT2D eigenvalue weighted by atomic mass is 19.4. The van der Waals surface area contributed by atoms with Crippen LogP contribution in [0.4, 0.5) is 18.9 Å². The molecule has 0 unspecified atom stereocenters. The van der Waals surface area contributed by atoms with Crippen molar-refractivity contribution < 1.29 is 24.1 Å². The zero-order valence-corrected chi connectivity index (χ0v) is 15.8. The molecule has 2 aromatic rings. The van der Waals surface area contributed by atoms with Gasteiger partial charge < -0.3 is 19.7 Å². The number of pyridine rings is 1. The Morgan fingerprint density at radius 2 is 1.76 bits per heavy atom. The summed E-state index contributed by atoms with van der Waals surface area (Å²) in [6.45, 7) is -11.4. The van der Waals surface area contributed by atoms with E-state index in [0.717, 1.165) is 29.9 Å². The van der Waals surface area contributed by atoms with Crippen molar-refractivity contribution in [2.45, 2.75) is 19.1 Å². The largest absolute Gasteiger partial charge is 0.417 e. The normalized spacial score (nSPS) is 27.2. The van der Waals surface area contributed by atoms with Gasteiger partial charge in [0.15, 0.2) is 0 Å². The fraction of sp³-hybridized carbons (Fsp3) is 0.476. The third-order valence-electron chi connectivity index (χ3n) is 4.21. The van der Waals surface area contributed by atoms with E-state index < -0.39 is 43.3 Å². The summed E-state index contributed by atoms with van der Waals surface area (Å²) in [7, 11) is 1.00. The van der Waals surface area contributed by atoms with Gasteiger partial charge in [0.2, 0.25) is 0 Å². The molecule has 158 valence electrons. The SMILES string of the molecule is [2H]C1([2H])N(C)C([2H])([2H])C([2H])([2H])N(CCCNc2ccc(Cn3cc(C(F)(F)F)ccc3=O)cc2)C1([2H])[2H]. The highest BCUT2D eigenvalue weighted by Gasteiger charge is 2.31. The van der Waals surface area contributed by atoms with Crippen molar-refractivity contribution in [1.82, 2.24) is 14.4 Å². The number of nitrogens with zero attached hydrogens (tertiary/aromatic N) is 3. The number of halogens is 3. The van der Waals surface area contributed by atoms with Crippen LogP contribution in [0.5, 0.6) is 0 Å². The van der Waals surface area contributed by atoms with E-state index in [1.54, 1.807) is 24.3 Å². The van der Waals surface area contributed by atoms with Crippen molar-refractivity contribution >= 4 is 5.69 Å². The summed E-state index contributed by atoms with van der Waals surface area (Å²) in [6.07, 6.45) is -3.66. The Balaban J connectivity index is 1.62. The van der Waals surface area contributed by atoms with Gasteiger partial charge in [-0.3, -0.25) is 4.79 Å². The lowest BCUT2D eigenvalue weighted by molar-refractivity contribution is -0.138. The van der Waals surface area contributed by atoms with Gasteiger partial charge in [-0.2, -0.15) is 13.2 Å². The van der Waals surface area contributed by atoms with Crippen LogP contribution in [0, 0.1) is 0 Å². The van der Waals surface area contributed by atoms with Crippen LogP contribution in [0.2, 0.25) is 0 Å². The summed E-state index contributed by atoms with van der Waals surface area (Å²) in [6, 6.07) is 8.11. The quantitative estimate of drug-likeness (QED) is 0.705. The predicted octanol–water partition coefficient (Wildman–Crippen LogP) is 2.96. The van der Waals surface area contributed by atoms with Gasteiger partial charge in [0.1, 0.15) is 0 Å². The number of hydrogen-bond donors (Lipinski definition) is 1. The summed E-state index contributed by atoms with van der Waals surface area (Å²) in [5.41, 5.74) is -0.321. The lowest BCUT2D eigenvalue weighted by Crippen LogP contribution is -2.44. The second kappa shape index (κ2) is 9.45. The second-order valence-electron chi connectivity index (χ2n) is 6.52. The summed E-state index contributed by atoms with van der Waals surface area (Å²) in [5.74, 6) is 0. The minimum atomic E-state index is -4.57. The maximum atomic E-state index is 12.9. The third kappa shape index (κ3) is 6.33. The monoisotopic (exact) mass is 416 g/mol. The first-order chi connectivity index (χ1) is 16.8. The number of alkyl halides is 3. The van der Waals surface area contributed by atoms with E-state index in [9.17, 15) is 18.0 Å². The Labute approximate surface area is 180 Å². The molecule has 0 radical (unpaired) electrons. The standard InChI is InChI=1S/C21H27F3N4O/c1-26-11-13-27(14-12-26)10-2-9-25-19-6-3-17(4-7-19)15-28-16-18(21(22,23)24)5-8-20(28)29/h3-8,16,25H,2,9-15H2,1H3/i11D2,12D2,13D2,14D2. The minimum absolute atomic E-state index is 0.0688. The van der Waals surface area contributed by atoms with Gasteiger partial charge in [-0.25, -0.2) is 0 Å². The van der Waals surface area contributed by atoms with Gasteiger partial charge in [0.05, 0.1) is 12.1 Å². The molecule has 0 spiro atoms. The molecule has 29 heavy (non-hydrogen) atoms. The van der Waals surface area contributed by atoms with Crippen LogP contribution < -0.4 is 10.9 Å². The van der Waals surface area contributed by atoms with Gasteiger partial charge in [0.25, 0.3) is 5.56 Å². The Bertz CT molecular complexity index is 1140. The van der Waals surface area contributed by atoms with Crippen LogP contribution in [0.25, 0.3) is 0 Å². The number of aromatic nitrogens is 1. The first-order valence-corrected chi connectivity index (χ1v) is 8.95. The maximum absolute atomic E-state index is 12.9. The predicted molar refractivity (Wildman–Crippen MR) is 108 cm³/mol. The molecule has 0 saturated carbocycles. The second-order valence-corrected chi connectivity index (χ2v) is 6.52.